The average molecular weight is 419 g/mol. The number of hydrogen-bond acceptors (Lipinski definition) is 2. The predicted octanol–water partition coefficient (Wildman–Crippen LogP) is 5.13. The Hall–Kier alpha value is -3.34. The van der Waals surface area contributed by atoms with Crippen LogP contribution in [0, 0.1) is 0 Å². The lowest BCUT2D eigenvalue weighted by atomic mass is 9.98. The highest BCUT2D eigenvalue weighted by atomic mass is 16.4. The molecule has 0 radical (unpaired) electrons. The first kappa shape index (κ1) is 22.3. The molecule has 0 fully saturated rings. The van der Waals surface area contributed by atoms with Gasteiger partial charge in [0.2, 0.25) is 0 Å². The molecule has 0 aliphatic heterocycles. The van der Waals surface area contributed by atoms with Crippen LogP contribution >= 0.6 is 0 Å². The molecule has 162 valence electrons. The summed E-state index contributed by atoms with van der Waals surface area (Å²) in [5.41, 5.74) is 3.71. The number of aryl methyl sites for hydroxylation is 1. The number of allylic oxidation sites excluding steroid dienone is 2. The van der Waals surface area contributed by atoms with E-state index in [2.05, 4.69) is 6.08 Å². The van der Waals surface area contributed by atoms with Gasteiger partial charge >= 0.3 is 11.7 Å². The molecule has 0 saturated carbocycles. The van der Waals surface area contributed by atoms with Crippen molar-refractivity contribution >= 4 is 5.97 Å². The van der Waals surface area contributed by atoms with E-state index in [0.29, 0.717) is 17.7 Å². The van der Waals surface area contributed by atoms with Crippen LogP contribution in [0.25, 0.3) is 11.1 Å². The number of aromatic nitrogens is 2. The summed E-state index contributed by atoms with van der Waals surface area (Å²) >= 11 is 0. The lowest BCUT2D eigenvalue weighted by molar-refractivity contribution is 0.0697. The van der Waals surface area contributed by atoms with Crippen LogP contribution in [0.2, 0.25) is 0 Å². The van der Waals surface area contributed by atoms with Crippen molar-refractivity contribution in [2.24, 2.45) is 0 Å². The molecule has 5 heteroatoms. The maximum absolute atomic E-state index is 13.0. The number of carbonyl (C=O) groups is 1. The van der Waals surface area contributed by atoms with E-state index in [0.717, 1.165) is 29.7 Å². The van der Waals surface area contributed by atoms with E-state index in [4.69, 9.17) is 0 Å². The van der Waals surface area contributed by atoms with E-state index >= 15 is 0 Å². The van der Waals surface area contributed by atoms with E-state index in [1.54, 1.807) is 16.7 Å². The minimum atomic E-state index is -0.934. The third kappa shape index (κ3) is 5.05. The first-order valence-electron chi connectivity index (χ1n) is 10.6. The van der Waals surface area contributed by atoms with Gasteiger partial charge in [0.15, 0.2) is 0 Å². The van der Waals surface area contributed by atoms with Crippen molar-refractivity contribution in [2.45, 2.75) is 52.6 Å². The lowest BCUT2D eigenvalue weighted by Gasteiger charge is -2.19. The van der Waals surface area contributed by atoms with Gasteiger partial charge in [-0.15, -0.1) is 0 Å². The Labute approximate surface area is 183 Å². The van der Waals surface area contributed by atoms with Gasteiger partial charge in [0, 0.05) is 30.4 Å². The molecule has 5 nitrogen and oxygen atoms in total. The third-order valence-electron chi connectivity index (χ3n) is 5.39. The Kier molecular flexibility index (Phi) is 6.64. The van der Waals surface area contributed by atoms with Gasteiger partial charge in [-0.3, -0.25) is 9.13 Å². The molecular formula is C26H30N2O3. The first-order valence-corrected chi connectivity index (χ1v) is 10.6. The smallest absolute Gasteiger partial charge is 0.336 e. The number of carboxylic acid groups (broad SMARTS) is 1. The standard InChI is InChI=1S/C26H30N2O3/c1-5-6-9-21-18-28(26(2,3)4)25(31)27(21)17-16-19-12-14-20(15-13-19)22-10-7-8-11-23(22)24(29)30/h5-8,10-15,18H,9,16-17H2,1-4H3,(H,29,30). The summed E-state index contributed by atoms with van der Waals surface area (Å²) in [4.78, 5) is 24.5. The predicted molar refractivity (Wildman–Crippen MR) is 125 cm³/mol. The van der Waals surface area contributed by atoms with Crippen LogP contribution in [0.5, 0.6) is 0 Å². The topological polar surface area (TPSA) is 64.2 Å². The van der Waals surface area contributed by atoms with Crippen LogP contribution < -0.4 is 5.69 Å². The molecule has 0 spiro atoms. The number of hydrogen-bond donors (Lipinski definition) is 1. The molecule has 0 unspecified atom stereocenters. The van der Waals surface area contributed by atoms with E-state index in [1.807, 2.05) is 80.9 Å². The van der Waals surface area contributed by atoms with Crippen LogP contribution in [0.4, 0.5) is 0 Å². The second kappa shape index (κ2) is 9.21. The van der Waals surface area contributed by atoms with Crippen molar-refractivity contribution in [1.29, 1.82) is 0 Å². The second-order valence-corrected chi connectivity index (χ2v) is 8.67. The molecule has 0 aliphatic rings. The van der Waals surface area contributed by atoms with Crippen LogP contribution in [-0.2, 0) is 24.9 Å². The molecule has 3 rings (SSSR count). The zero-order chi connectivity index (χ0) is 22.6. The Morgan fingerprint density at radius 1 is 1.06 bits per heavy atom. The highest BCUT2D eigenvalue weighted by molar-refractivity contribution is 5.95. The summed E-state index contributed by atoms with van der Waals surface area (Å²) < 4.78 is 3.66. The van der Waals surface area contributed by atoms with E-state index in [1.165, 1.54) is 0 Å². The van der Waals surface area contributed by atoms with Crippen molar-refractivity contribution in [3.05, 3.63) is 94.2 Å². The van der Waals surface area contributed by atoms with Crippen molar-refractivity contribution in [3.63, 3.8) is 0 Å². The Morgan fingerprint density at radius 3 is 2.35 bits per heavy atom. The molecule has 1 heterocycles. The Morgan fingerprint density at radius 2 is 1.74 bits per heavy atom. The van der Waals surface area contributed by atoms with E-state index in [9.17, 15) is 14.7 Å². The molecule has 1 N–H and O–H groups in total. The zero-order valence-electron chi connectivity index (χ0n) is 18.6. The third-order valence-corrected chi connectivity index (χ3v) is 5.39. The fraction of sp³-hybridized carbons (Fsp3) is 0.308. The number of rotatable bonds is 7. The maximum atomic E-state index is 13.0. The number of imidazole rings is 1. The van der Waals surface area contributed by atoms with E-state index < -0.39 is 5.97 Å². The van der Waals surface area contributed by atoms with E-state index in [-0.39, 0.29) is 11.2 Å². The van der Waals surface area contributed by atoms with Crippen LogP contribution in [-0.4, -0.2) is 20.2 Å². The van der Waals surface area contributed by atoms with Gasteiger partial charge in [0.05, 0.1) is 5.56 Å². The number of benzene rings is 2. The van der Waals surface area contributed by atoms with Crippen molar-refractivity contribution < 1.29 is 9.90 Å². The maximum Gasteiger partial charge on any atom is 0.336 e. The monoisotopic (exact) mass is 418 g/mol. The van der Waals surface area contributed by atoms with Crippen LogP contribution in [0.1, 0.15) is 49.3 Å². The quantitative estimate of drug-likeness (QED) is 0.541. The highest BCUT2D eigenvalue weighted by Gasteiger charge is 2.20. The molecule has 0 amide bonds. The van der Waals surface area contributed by atoms with Gasteiger partial charge in [0.1, 0.15) is 0 Å². The molecule has 1 aromatic heterocycles. The largest absolute Gasteiger partial charge is 0.478 e. The lowest BCUT2D eigenvalue weighted by Crippen LogP contribution is -2.34. The molecular weight excluding hydrogens is 388 g/mol. The summed E-state index contributed by atoms with van der Waals surface area (Å²) in [5.74, 6) is -0.934. The molecule has 0 bridgehead atoms. The normalized spacial score (nSPS) is 11.9. The zero-order valence-corrected chi connectivity index (χ0v) is 18.6. The highest BCUT2D eigenvalue weighted by Crippen LogP contribution is 2.24. The molecule has 31 heavy (non-hydrogen) atoms. The molecule has 0 aliphatic carbocycles. The minimum absolute atomic E-state index is 0.0130. The summed E-state index contributed by atoms with van der Waals surface area (Å²) in [7, 11) is 0. The van der Waals surface area contributed by atoms with Gasteiger partial charge in [-0.1, -0.05) is 54.6 Å². The van der Waals surface area contributed by atoms with Crippen LogP contribution in [0.3, 0.4) is 0 Å². The van der Waals surface area contributed by atoms with Gasteiger partial charge in [0.25, 0.3) is 0 Å². The average Bonchev–Trinajstić information content (AvgIpc) is 3.06. The fourth-order valence-electron chi connectivity index (χ4n) is 3.66. The first-order chi connectivity index (χ1) is 14.7. The van der Waals surface area contributed by atoms with Crippen molar-refractivity contribution in [1.82, 2.24) is 9.13 Å². The summed E-state index contributed by atoms with van der Waals surface area (Å²) in [6.45, 7) is 8.68. The Balaban J connectivity index is 1.83. The van der Waals surface area contributed by atoms with Crippen LogP contribution in [0.15, 0.2) is 71.7 Å². The number of aromatic carboxylic acids is 1. The summed E-state index contributed by atoms with van der Waals surface area (Å²) in [5, 5.41) is 9.43. The van der Waals surface area contributed by atoms with Crippen molar-refractivity contribution in [2.75, 3.05) is 0 Å². The summed E-state index contributed by atoms with van der Waals surface area (Å²) in [6.07, 6.45) is 7.47. The van der Waals surface area contributed by atoms with Crippen molar-refractivity contribution in [3.8, 4) is 11.1 Å². The number of nitrogens with zero attached hydrogens (tertiary/aromatic N) is 2. The molecule has 2 aromatic carbocycles. The Bertz CT molecular complexity index is 1140. The van der Waals surface area contributed by atoms with Gasteiger partial charge in [-0.25, -0.2) is 9.59 Å². The molecule has 0 atom stereocenters. The molecule has 0 saturated heterocycles. The second-order valence-electron chi connectivity index (χ2n) is 8.67. The van der Waals surface area contributed by atoms with Gasteiger partial charge in [-0.05, 0) is 56.9 Å². The SMILES string of the molecule is CC=CCc1cn(C(C)(C)C)c(=O)n1CCc1ccc(-c2ccccc2C(=O)O)cc1. The molecule has 3 aromatic rings. The number of carboxylic acids is 1. The van der Waals surface area contributed by atoms with Gasteiger partial charge in [-0.2, -0.15) is 0 Å². The minimum Gasteiger partial charge on any atom is -0.478 e. The summed E-state index contributed by atoms with van der Waals surface area (Å²) in [6, 6.07) is 14.9. The fourth-order valence-corrected chi connectivity index (χ4v) is 3.66. The van der Waals surface area contributed by atoms with Gasteiger partial charge < -0.3 is 5.11 Å².